The summed E-state index contributed by atoms with van der Waals surface area (Å²) in [6.45, 7) is 0. The summed E-state index contributed by atoms with van der Waals surface area (Å²) in [7, 11) is 0. The second-order valence-electron chi connectivity index (χ2n) is 3.75. The summed E-state index contributed by atoms with van der Waals surface area (Å²) in [5, 5.41) is 14.5. The Morgan fingerprint density at radius 3 is 2.37 bits per heavy atom. The Morgan fingerprint density at radius 2 is 1.68 bits per heavy atom. The second kappa shape index (κ2) is 6.08. The first-order valence-corrected chi connectivity index (χ1v) is 5.89. The number of urea groups is 1. The summed E-state index contributed by atoms with van der Waals surface area (Å²) in [6.07, 6.45) is 0. The van der Waals surface area contributed by atoms with Crippen LogP contribution < -0.4 is 16.1 Å². The van der Waals surface area contributed by atoms with Crippen LogP contribution in [0.3, 0.4) is 0 Å². The van der Waals surface area contributed by atoms with Gasteiger partial charge in [0.25, 0.3) is 0 Å². The maximum atomic E-state index is 11.7. The van der Waals surface area contributed by atoms with E-state index in [0.717, 1.165) is 0 Å². The quantitative estimate of drug-likeness (QED) is 0.645. The maximum absolute atomic E-state index is 11.7. The molecule has 0 heterocycles. The molecule has 2 amide bonds. The van der Waals surface area contributed by atoms with Crippen molar-refractivity contribution < 1.29 is 10.0 Å². The third-order valence-corrected chi connectivity index (χ3v) is 2.71. The topological polar surface area (TPSA) is 73.4 Å². The van der Waals surface area contributed by atoms with Crippen LogP contribution in [-0.2, 0) is 0 Å². The zero-order valence-corrected chi connectivity index (χ0v) is 10.6. The summed E-state index contributed by atoms with van der Waals surface area (Å²) >= 11 is 5.81. The number of hydrogen-bond acceptors (Lipinski definition) is 3. The van der Waals surface area contributed by atoms with Crippen molar-refractivity contribution in [3.8, 4) is 0 Å². The van der Waals surface area contributed by atoms with E-state index in [9.17, 15) is 4.79 Å². The van der Waals surface area contributed by atoms with Gasteiger partial charge in [-0.05, 0) is 30.3 Å². The normalized spacial score (nSPS) is 9.79. The summed E-state index contributed by atoms with van der Waals surface area (Å²) in [6, 6.07) is 13.4. The zero-order chi connectivity index (χ0) is 13.7. The van der Waals surface area contributed by atoms with Gasteiger partial charge in [0.05, 0.1) is 10.7 Å². The predicted molar refractivity (Wildman–Crippen MR) is 75.9 cm³/mol. The molecule has 0 aliphatic rings. The molecule has 0 fully saturated rings. The van der Waals surface area contributed by atoms with Gasteiger partial charge in [-0.25, -0.2) is 4.79 Å². The molecule has 2 aromatic carbocycles. The number of hydrogen-bond donors (Lipinski definition) is 4. The van der Waals surface area contributed by atoms with Crippen molar-refractivity contribution >= 4 is 34.7 Å². The SMILES string of the molecule is O=C(Nc1ccccc1)Nc1ccc(Cl)c(NO)c1. The van der Waals surface area contributed by atoms with Crippen LogP contribution in [0.1, 0.15) is 0 Å². The molecular weight excluding hydrogens is 266 g/mol. The highest BCUT2D eigenvalue weighted by molar-refractivity contribution is 6.33. The van der Waals surface area contributed by atoms with Crippen LogP contribution >= 0.6 is 11.6 Å². The van der Waals surface area contributed by atoms with Gasteiger partial charge in [-0.15, -0.1) is 0 Å². The fraction of sp³-hybridized carbons (Fsp3) is 0. The fourth-order valence-electron chi connectivity index (χ4n) is 1.50. The molecule has 0 aliphatic heterocycles. The Bertz CT molecular complexity index is 575. The van der Waals surface area contributed by atoms with E-state index in [0.29, 0.717) is 22.1 Å². The molecule has 0 unspecified atom stereocenters. The highest BCUT2D eigenvalue weighted by Gasteiger charge is 2.05. The van der Waals surface area contributed by atoms with E-state index >= 15 is 0 Å². The van der Waals surface area contributed by atoms with E-state index in [1.165, 1.54) is 6.07 Å². The van der Waals surface area contributed by atoms with Crippen LogP contribution in [-0.4, -0.2) is 11.2 Å². The number of benzene rings is 2. The Morgan fingerprint density at radius 1 is 1.00 bits per heavy atom. The van der Waals surface area contributed by atoms with Gasteiger partial charge in [0.2, 0.25) is 0 Å². The Labute approximate surface area is 115 Å². The minimum atomic E-state index is -0.377. The molecule has 0 aromatic heterocycles. The van der Waals surface area contributed by atoms with Crippen LogP contribution in [0.4, 0.5) is 21.9 Å². The molecule has 0 atom stereocenters. The van der Waals surface area contributed by atoms with E-state index in [-0.39, 0.29) is 6.03 Å². The number of carbonyl (C=O) groups is 1. The average molecular weight is 278 g/mol. The second-order valence-corrected chi connectivity index (χ2v) is 4.16. The average Bonchev–Trinajstić information content (AvgIpc) is 2.42. The van der Waals surface area contributed by atoms with Gasteiger partial charge in [-0.2, -0.15) is 0 Å². The number of para-hydroxylation sites is 1. The van der Waals surface area contributed by atoms with Gasteiger partial charge in [0.1, 0.15) is 0 Å². The lowest BCUT2D eigenvalue weighted by atomic mass is 10.3. The van der Waals surface area contributed by atoms with Crippen molar-refractivity contribution in [3.63, 3.8) is 0 Å². The third-order valence-electron chi connectivity index (χ3n) is 2.38. The number of halogens is 1. The standard InChI is InChI=1S/C13H12ClN3O2/c14-11-7-6-10(8-12(11)17-19)16-13(18)15-9-4-2-1-3-5-9/h1-8,17,19H,(H2,15,16,18). The van der Waals surface area contributed by atoms with Crippen molar-refractivity contribution in [2.75, 3.05) is 16.1 Å². The Hall–Kier alpha value is -2.24. The lowest BCUT2D eigenvalue weighted by Gasteiger charge is -2.09. The van der Waals surface area contributed by atoms with Crippen molar-refractivity contribution in [2.24, 2.45) is 0 Å². The van der Waals surface area contributed by atoms with Gasteiger partial charge in [-0.1, -0.05) is 29.8 Å². The lowest BCUT2D eigenvalue weighted by Crippen LogP contribution is -2.19. The first-order chi connectivity index (χ1) is 9.19. The molecule has 19 heavy (non-hydrogen) atoms. The molecule has 98 valence electrons. The highest BCUT2D eigenvalue weighted by atomic mass is 35.5. The number of nitrogens with one attached hydrogen (secondary N) is 3. The molecule has 0 saturated carbocycles. The van der Waals surface area contributed by atoms with Crippen molar-refractivity contribution in [1.82, 2.24) is 0 Å². The molecule has 0 radical (unpaired) electrons. The molecular formula is C13H12ClN3O2. The lowest BCUT2D eigenvalue weighted by molar-refractivity contribution is 0.262. The molecule has 2 rings (SSSR count). The molecule has 0 aliphatic carbocycles. The molecule has 6 heteroatoms. The molecule has 0 spiro atoms. The van der Waals surface area contributed by atoms with Crippen LogP contribution in [0.25, 0.3) is 0 Å². The number of amides is 2. The van der Waals surface area contributed by atoms with Gasteiger partial charge < -0.3 is 10.6 Å². The highest BCUT2D eigenvalue weighted by Crippen LogP contribution is 2.24. The summed E-state index contributed by atoms with van der Waals surface area (Å²) in [5.41, 5.74) is 3.47. The zero-order valence-electron chi connectivity index (χ0n) is 9.85. The first-order valence-electron chi connectivity index (χ1n) is 5.52. The molecule has 4 N–H and O–H groups in total. The van der Waals surface area contributed by atoms with Gasteiger partial charge >= 0.3 is 6.03 Å². The van der Waals surface area contributed by atoms with Gasteiger partial charge in [-0.3, -0.25) is 10.7 Å². The van der Waals surface area contributed by atoms with Crippen molar-refractivity contribution in [2.45, 2.75) is 0 Å². The number of rotatable bonds is 3. The molecule has 0 bridgehead atoms. The van der Waals surface area contributed by atoms with Crippen LogP contribution in [0.2, 0.25) is 5.02 Å². The smallest absolute Gasteiger partial charge is 0.308 e. The maximum Gasteiger partial charge on any atom is 0.323 e. The Kier molecular flexibility index (Phi) is 4.22. The number of anilines is 3. The molecule has 0 saturated heterocycles. The predicted octanol–water partition coefficient (Wildman–Crippen LogP) is 3.79. The van der Waals surface area contributed by atoms with E-state index in [1.807, 2.05) is 23.7 Å². The van der Waals surface area contributed by atoms with E-state index < -0.39 is 0 Å². The van der Waals surface area contributed by atoms with E-state index in [1.54, 1.807) is 24.3 Å². The molecule has 2 aromatic rings. The molecule has 5 nitrogen and oxygen atoms in total. The largest absolute Gasteiger partial charge is 0.323 e. The van der Waals surface area contributed by atoms with Crippen molar-refractivity contribution in [1.29, 1.82) is 0 Å². The van der Waals surface area contributed by atoms with Gasteiger partial charge in [0.15, 0.2) is 0 Å². The van der Waals surface area contributed by atoms with Gasteiger partial charge in [0, 0.05) is 11.4 Å². The minimum absolute atomic E-state index is 0.319. The van der Waals surface area contributed by atoms with Crippen LogP contribution in [0, 0.1) is 0 Å². The minimum Gasteiger partial charge on any atom is -0.308 e. The van der Waals surface area contributed by atoms with E-state index in [2.05, 4.69) is 10.6 Å². The first kappa shape index (κ1) is 13.2. The summed E-state index contributed by atoms with van der Waals surface area (Å²) in [4.78, 5) is 11.7. The third kappa shape index (κ3) is 3.61. The van der Waals surface area contributed by atoms with Crippen LogP contribution in [0.15, 0.2) is 48.5 Å². The summed E-state index contributed by atoms with van der Waals surface area (Å²) in [5.74, 6) is 0. The fourth-order valence-corrected chi connectivity index (χ4v) is 1.66. The Balaban J connectivity index is 2.03. The summed E-state index contributed by atoms with van der Waals surface area (Å²) < 4.78 is 0. The van der Waals surface area contributed by atoms with Crippen molar-refractivity contribution in [3.05, 3.63) is 53.6 Å². The number of carbonyl (C=O) groups excluding carboxylic acids is 1. The van der Waals surface area contributed by atoms with Crippen LogP contribution in [0.5, 0.6) is 0 Å². The monoisotopic (exact) mass is 277 g/mol. The van der Waals surface area contributed by atoms with E-state index in [4.69, 9.17) is 16.8 Å².